The van der Waals surface area contributed by atoms with E-state index in [1.54, 1.807) is 13.8 Å². The van der Waals surface area contributed by atoms with E-state index in [2.05, 4.69) is 15.5 Å². The zero-order chi connectivity index (χ0) is 13.3. The summed E-state index contributed by atoms with van der Waals surface area (Å²) in [6, 6.07) is 0. The highest BCUT2D eigenvalue weighted by Crippen LogP contribution is 2.22. The first-order valence-corrected chi connectivity index (χ1v) is 6.06. The molecule has 2 amide bonds. The molecule has 98 valence electrons. The predicted molar refractivity (Wildman–Crippen MR) is 65.9 cm³/mol. The van der Waals surface area contributed by atoms with E-state index in [-0.39, 0.29) is 12.5 Å². The number of aromatic nitrogens is 2. The van der Waals surface area contributed by atoms with E-state index in [1.165, 1.54) is 0 Å². The molecule has 0 aliphatic heterocycles. The smallest absolute Gasteiger partial charge is 0.272 e. The van der Waals surface area contributed by atoms with Crippen LogP contribution in [0.15, 0.2) is 0 Å². The largest absolute Gasteiger partial charge is 0.369 e. The zero-order valence-corrected chi connectivity index (χ0v) is 10.7. The maximum Gasteiger partial charge on any atom is 0.272 e. The van der Waals surface area contributed by atoms with Crippen LogP contribution >= 0.6 is 0 Å². The number of amides is 2. The van der Waals surface area contributed by atoms with Crippen LogP contribution < -0.4 is 11.1 Å². The third-order valence-corrected chi connectivity index (χ3v) is 3.38. The molecule has 0 fully saturated rings. The molecule has 0 saturated carbocycles. The van der Waals surface area contributed by atoms with Gasteiger partial charge in [-0.2, -0.15) is 5.10 Å². The lowest BCUT2D eigenvalue weighted by Gasteiger charge is -2.20. The van der Waals surface area contributed by atoms with Gasteiger partial charge >= 0.3 is 0 Å². The summed E-state index contributed by atoms with van der Waals surface area (Å²) in [5, 5.41) is 9.63. The molecule has 1 heterocycles. The molecule has 2 rings (SSSR count). The second-order valence-corrected chi connectivity index (χ2v) is 5.31. The van der Waals surface area contributed by atoms with Gasteiger partial charge in [0.1, 0.15) is 0 Å². The van der Waals surface area contributed by atoms with Gasteiger partial charge in [-0.3, -0.25) is 14.7 Å². The summed E-state index contributed by atoms with van der Waals surface area (Å²) in [5.41, 5.74) is 7.00. The van der Waals surface area contributed by atoms with Gasteiger partial charge in [0, 0.05) is 17.8 Å². The predicted octanol–water partition coefficient (Wildman–Crippen LogP) is 0.140. The van der Waals surface area contributed by atoms with Gasteiger partial charge in [0.2, 0.25) is 5.91 Å². The SMILES string of the molecule is CC(C)(CNC(=O)c1n[nH]c2c1CCC2)C(N)=O. The fourth-order valence-corrected chi connectivity index (χ4v) is 1.98. The number of fused-ring (bicyclic) bond motifs is 1. The fraction of sp³-hybridized carbons (Fsp3) is 0.583. The molecule has 1 aliphatic rings. The Morgan fingerprint density at radius 1 is 1.44 bits per heavy atom. The van der Waals surface area contributed by atoms with Gasteiger partial charge in [-0.15, -0.1) is 0 Å². The number of hydrogen-bond donors (Lipinski definition) is 3. The normalized spacial score (nSPS) is 14.3. The molecule has 0 bridgehead atoms. The van der Waals surface area contributed by atoms with E-state index in [9.17, 15) is 9.59 Å². The van der Waals surface area contributed by atoms with Crippen molar-refractivity contribution in [2.75, 3.05) is 6.54 Å². The molecule has 1 aromatic rings. The van der Waals surface area contributed by atoms with E-state index in [0.717, 1.165) is 30.5 Å². The average molecular weight is 250 g/mol. The van der Waals surface area contributed by atoms with E-state index in [0.29, 0.717) is 5.69 Å². The van der Waals surface area contributed by atoms with Crippen molar-refractivity contribution in [1.29, 1.82) is 0 Å². The van der Waals surface area contributed by atoms with E-state index < -0.39 is 11.3 Å². The van der Waals surface area contributed by atoms with Crippen molar-refractivity contribution in [2.45, 2.75) is 33.1 Å². The summed E-state index contributed by atoms with van der Waals surface area (Å²) in [5.74, 6) is -0.682. The molecular weight excluding hydrogens is 232 g/mol. The van der Waals surface area contributed by atoms with Crippen LogP contribution in [0.4, 0.5) is 0 Å². The quantitative estimate of drug-likeness (QED) is 0.708. The number of aromatic amines is 1. The van der Waals surface area contributed by atoms with Gasteiger partial charge in [0.05, 0.1) is 5.41 Å². The number of primary amides is 1. The third kappa shape index (κ3) is 2.23. The first-order chi connectivity index (χ1) is 8.42. The highest BCUT2D eigenvalue weighted by molar-refractivity contribution is 5.94. The van der Waals surface area contributed by atoms with Crippen molar-refractivity contribution >= 4 is 11.8 Å². The van der Waals surface area contributed by atoms with Crippen molar-refractivity contribution in [1.82, 2.24) is 15.5 Å². The summed E-state index contributed by atoms with van der Waals surface area (Å²) in [6.45, 7) is 3.61. The molecule has 0 atom stereocenters. The number of hydrogen-bond acceptors (Lipinski definition) is 3. The number of nitrogens with zero attached hydrogens (tertiary/aromatic N) is 1. The maximum atomic E-state index is 12.0. The average Bonchev–Trinajstić information content (AvgIpc) is 2.87. The number of carbonyl (C=O) groups is 2. The van der Waals surface area contributed by atoms with Crippen LogP contribution in [0.1, 0.15) is 42.0 Å². The molecule has 1 aromatic heterocycles. The zero-order valence-electron chi connectivity index (χ0n) is 10.7. The monoisotopic (exact) mass is 250 g/mol. The van der Waals surface area contributed by atoms with E-state index >= 15 is 0 Å². The Morgan fingerprint density at radius 3 is 2.83 bits per heavy atom. The van der Waals surface area contributed by atoms with Crippen LogP contribution in [0, 0.1) is 5.41 Å². The molecule has 0 unspecified atom stereocenters. The molecule has 6 heteroatoms. The van der Waals surface area contributed by atoms with Gasteiger partial charge in [-0.25, -0.2) is 0 Å². The number of nitrogens with two attached hydrogens (primary N) is 1. The Balaban J connectivity index is 2.03. The molecular formula is C12H18N4O2. The molecule has 18 heavy (non-hydrogen) atoms. The summed E-state index contributed by atoms with van der Waals surface area (Å²) in [7, 11) is 0. The number of H-pyrrole nitrogens is 1. The number of rotatable bonds is 4. The van der Waals surface area contributed by atoms with Crippen molar-refractivity contribution < 1.29 is 9.59 Å². The molecule has 6 nitrogen and oxygen atoms in total. The minimum absolute atomic E-state index is 0.211. The topological polar surface area (TPSA) is 101 Å². The van der Waals surface area contributed by atoms with Crippen LogP contribution in [-0.2, 0) is 17.6 Å². The number of aryl methyl sites for hydroxylation is 1. The summed E-state index contributed by atoms with van der Waals surface area (Å²) in [4.78, 5) is 23.1. The lowest BCUT2D eigenvalue weighted by molar-refractivity contribution is -0.125. The Hall–Kier alpha value is -1.85. The summed E-state index contributed by atoms with van der Waals surface area (Å²) in [6.07, 6.45) is 2.88. The third-order valence-electron chi connectivity index (χ3n) is 3.38. The van der Waals surface area contributed by atoms with Crippen molar-refractivity contribution in [3.63, 3.8) is 0 Å². The molecule has 0 saturated heterocycles. The Kier molecular flexibility index (Phi) is 3.11. The van der Waals surface area contributed by atoms with Gasteiger partial charge in [-0.05, 0) is 33.1 Å². The van der Waals surface area contributed by atoms with Crippen molar-refractivity contribution in [3.05, 3.63) is 17.0 Å². The Labute approximate surface area is 105 Å². The van der Waals surface area contributed by atoms with Gasteiger partial charge < -0.3 is 11.1 Å². The Morgan fingerprint density at radius 2 is 2.17 bits per heavy atom. The van der Waals surface area contributed by atoms with Crippen molar-refractivity contribution in [2.24, 2.45) is 11.1 Å². The van der Waals surface area contributed by atoms with Crippen LogP contribution in [-0.4, -0.2) is 28.6 Å². The maximum absolute atomic E-state index is 12.0. The fourth-order valence-electron chi connectivity index (χ4n) is 1.98. The van der Waals surface area contributed by atoms with Crippen LogP contribution in [0.25, 0.3) is 0 Å². The summed E-state index contributed by atoms with van der Waals surface area (Å²) >= 11 is 0. The highest BCUT2D eigenvalue weighted by Gasteiger charge is 2.28. The molecule has 0 aromatic carbocycles. The van der Waals surface area contributed by atoms with Crippen LogP contribution in [0.2, 0.25) is 0 Å². The molecule has 4 N–H and O–H groups in total. The number of nitrogens with one attached hydrogen (secondary N) is 2. The second kappa shape index (κ2) is 4.44. The lowest BCUT2D eigenvalue weighted by atomic mass is 9.93. The Bertz CT molecular complexity index is 490. The van der Waals surface area contributed by atoms with Gasteiger partial charge in [-0.1, -0.05) is 0 Å². The summed E-state index contributed by atoms with van der Waals surface area (Å²) < 4.78 is 0. The molecule has 1 aliphatic carbocycles. The van der Waals surface area contributed by atoms with Crippen molar-refractivity contribution in [3.8, 4) is 0 Å². The molecule has 0 spiro atoms. The van der Waals surface area contributed by atoms with Gasteiger partial charge in [0.15, 0.2) is 5.69 Å². The van der Waals surface area contributed by atoms with Crippen LogP contribution in [0.3, 0.4) is 0 Å². The standard InChI is InChI=1S/C12H18N4O2/c1-12(2,11(13)18)6-14-10(17)9-7-4-3-5-8(7)15-16-9/h3-6H2,1-2H3,(H2,13,18)(H,14,17)(H,15,16). The lowest BCUT2D eigenvalue weighted by Crippen LogP contribution is -2.42. The minimum Gasteiger partial charge on any atom is -0.369 e. The van der Waals surface area contributed by atoms with Crippen LogP contribution in [0.5, 0.6) is 0 Å². The first-order valence-electron chi connectivity index (χ1n) is 6.06. The first kappa shape index (κ1) is 12.6. The minimum atomic E-state index is -0.755. The molecule has 0 radical (unpaired) electrons. The van der Waals surface area contributed by atoms with E-state index in [4.69, 9.17) is 5.73 Å². The second-order valence-electron chi connectivity index (χ2n) is 5.31. The van der Waals surface area contributed by atoms with Gasteiger partial charge in [0.25, 0.3) is 5.91 Å². The van der Waals surface area contributed by atoms with E-state index in [1.807, 2.05) is 0 Å². The number of carbonyl (C=O) groups excluding carboxylic acids is 2. The highest BCUT2D eigenvalue weighted by atomic mass is 16.2.